The Morgan fingerprint density at radius 1 is 1.04 bits per heavy atom. The SMILES string of the molecule is CCCCCCCCC(=O)Oc1ccccc1S(=O)(=O)O.[NaH].[NaH]. The molecule has 0 spiro atoms. The fourth-order valence-corrected chi connectivity index (χ4v) is 2.59. The number of para-hydroxylation sites is 1. The van der Waals surface area contributed by atoms with Crippen LogP contribution in [0.2, 0.25) is 0 Å². The van der Waals surface area contributed by atoms with Crippen LogP contribution in [0.25, 0.3) is 0 Å². The van der Waals surface area contributed by atoms with Crippen molar-refractivity contribution in [2.45, 2.75) is 56.8 Å². The molecule has 0 aromatic heterocycles. The van der Waals surface area contributed by atoms with Gasteiger partial charge in [-0.15, -0.1) is 0 Å². The summed E-state index contributed by atoms with van der Waals surface area (Å²) in [6.07, 6.45) is 6.54. The summed E-state index contributed by atoms with van der Waals surface area (Å²) >= 11 is 0. The van der Waals surface area contributed by atoms with E-state index >= 15 is 0 Å². The molecular weight excluding hydrogens is 338 g/mol. The van der Waals surface area contributed by atoms with Gasteiger partial charge in [-0.1, -0.05) is 51.2 Å². The van der Waals surface area contributed by atoms with Crippen molar-refractivity contribution in [3.05, 3.63) is 24.3 Å². The first kappa shape index (κ1) is 25.8. The maximum absolute atomic E-state index is 11.7. The molecule has 1 N–H and O–H groups in total. The minimum absolute atomic E-state index is 0. The van der Waals surface area contributed by atoms with Gasteiger partial charge in [-0.2, -0.15) is 8.42 Å². The standard InChI is InChI=1S/C15H22O5S.2Na.2H/c1-2-3-4-5-6-7-12-15(16)20-13-10-8-9-11-14(13)21(17,18)19;;;;/h8-11H,2-7,12H2,1H3,(H,17,18,19);;;;. The summed E-state index contributed by atoms with van der Waals surface area (Å²) in [7, 11) is -4.39. The van der Waals surface area contributed by atoms with E-state index in [2.05, 4.69) is 6.92 Å². The fourth-order valence-electron chi connectivity index (χ4n) is 1.97. The number of rotatable bonds is 9. The second-order valence-electron chi connectivity index (χ2n) is 4.91. The number of hydrogen-bond donors (Lipinski definition) is 1. The zero-order chi connectivity index (χ0) is 15.7. The van der Waals surface area contributed by atoms with Crippen molar-refractivity contribution in [1.29, 1.82) is 0 Å². The second kappa shape index (κ2) is 13.8. The Morgan fingerprint density at radius 2 is 1.61 bits per heavy atom. The van der Waals surface area contributed by atoms with Crippen LogP contribution >= 0.6 is 0 Å². The minimum atomic E-state index is -4.39. The fraction of sp³-hybridized carbons (Fsp3) is 0.533. The van der Waals surface area contributed by atoms with Crippen molar-refractivity contribution in [3.63, 3.8) is 0 Å². The summed E-state index contributed by atoms with van der Waals surface area (Å²) in [5.74, 6) is -0.613. The van der Waals surface area contributed by atoms with Gasteiger partial charge >= 0.3 is 65.1 Å². The van der Waals surface area contributed by atoms with E-state index in [1.54, 1.807) is 6.07 Å². The van der Waals surface area contributed by atoms with Gasteiger partial charge in [-0.05, 0) is 18.6 Å². The first-order valence-corrected chi connectivity index (χ1v) is 8.66. The zero-order valence-electron chi connectivity index (χ0n) is 12.2. The molecule has 0 radical (unpaired) electrons. The van der Waals surface area contributed by atoms with E-state index in [9.17, 15) is 13.2 Å². The quantitative estimate of drug-likeness (QED) is 0.240. The Bertz CT molecular complexity index is 561. The Labute approximate surface area is 182 Å². The Kier molecular flexibility index (Phi) is 15.5. The Balaban J connectivity index is 0. The topological polar surface area (TPSA) is 80.7 Å². The summed E-state index contributed by atoms with van der Waals surface area (Å²) in [5, 5.41) is 0. The number of hydrogen-bond acceptors (Lipinski definition) is 4. The maximum atomic E-state index is 11.7. The molecule has 0 heterocycles. The van der Waals surface area contributed by atoms with Crippen molar-refractivity contribution in [2.24, 2.45) is 0 Å². The van der Waals surface area contributed by atoms with E-state index in [1.807, 2.05) is 0 Å². The van der Waals surface area contributed by atoms with Gasteiger partial charge in [0.25, 0.3) is 10.1 Å². The predicted octanol–water partition coefficient (Wildman–Crippen LogP) is 2.29. The molecule has 0 aliphatic carbocycles. The van der Waals surface area contributed by atoms with Crippen LogP contribution < -0.4 is 4.74 Å². The number of ether oxygens (including phenoxy) is 1. The molecule has 0 unspecified atom stereocenters. The van der Waals surface area contributed by atoms with Gasteiger partial charge < -0.3 is 4.74 Å². The second-order valence-corrected chi connectivity index (χ2v) is 6.30. The third-order valence-electron chi connectivity index (χ3n) is 3.09. The third kappa shape index (κ3) is 10.9. The van der Waals surface area contributed by atoms with Crippen molar-refractivity contribution in [1.82, 2.24) is 0 Å². The van der Waals surface area contributed by atoms with Crippen LogP contribution in [0.1, 0.15) is 51.9 Å². The summed E-state index contributed by atoms with van der Waals surface area (Å²) in [6, 6.07) is 5.54. The molecule has 122 valence electrons. The molecule has 0 atom stereocenters. The van der Waals surface area contributed by atoms with Crippen LogP contribution in [0.3, 0.4) is 0 Å². The molecule has 5 nitrogen and oxygen atoms in total. The molecule has 0 fully saturated rings. The van der Waals surface area contributed by atoms with Gasteiger partial charge in [-0.25, -0.2) is 0 Å². The number of carbonyl (C=O) groups excluding carboxylic acids is 1. The number of unbranched alkanes of at least 4 members (excludes halogenated alkanes) is 5. The molecule has 0 saturated carbocycles. The van der Waals surface area contributed by atoms with Crippen molar-refractivity contribution in [3.8, 4) is 5.75 Å². The van der Waals surface area contributed by atoms with Gasteiger partial charge in [-0.3, -0.25) is 9.35 Å². The Morgan fingerprint density at radius 3 is 2.22 bits per heavy atom. The van der Waals surface area contributed by atoms with Gasteiger partial charge in [0, 0.05) is 6.42 Å². The monoisotopic (exact) mass is 362 g/mol. The summed E-state index contributed by atoms with van der Waals surface area (Å²) in [5.41, 5.74) is 0. The molecule has 8 heteroatoms. The van der Waals surface area contributed by atoms with Crippen molar-refractivity contribution < 1.29 is 22.5 Å². The molecule has 1 aromatic carbocycles. The van der Waals surface area contributed by atoms with E-state index in [-0.39, 0.29) is 76.2 Å². The summed E-state index contributed by atoms with van der Waals surface area (Å²) < 4.78 is 36.4. The van der Waals surface area contributed by atoms with Crippen LogP contribution in [0.4, 0.5) is 0 Å². The van der Waals surface area contributed by atoms with Gasteiger partial charge in [0.1, 0.15) is 4.90 Å². The summed E-state index contributed by atoms with van der Waals surface area (Å²) in [4.78, 5) is 11.3. The van der Waals surface area contributed by atoms with E-state index in [0.717, 1.165) is 25.7 Å². The Hall–Kier alpha value is 0.600. The normalized spacial score (nSPS) is 10.3. The van der Waals surface area contributed by atoms with Gasteiger partial charge in [0.2, 0.25) is 0 Å². The molecule has 0 amide bonds. The molecule has 23 heavy (non-hydrogen) atoms. The average molecular weight is 362 g/mol. The third-order valence-corrected chi connectivity index (χ3v) is 3.98. The van der Waals surface area contributed by atoms with Crippen LogP contribution in [0.15, 0.2) is 29.2 Å². The van der Waals surface area contributed by atoms with E-state index in [4.69, 9.17) is 9.29 Å². The average Bonchev–Trinajstić information content (AvgIpc) is 2.42. The predicted molar refractivity (Wildman–Crippen MR) is 94.2 cm³/mol. The molecule has 0 aliphatic rings. The van der Waals surface area contributed by atoms with Crippen molar-refractivity contribution in [2.75, 3.05) is 0 Å². The molecular formula is C15H24Na2O5S. The van der Waals surface area contributed by atoms with E-state index < -0.39 is 16.1 Å². The number of carbonyl (C=O) groups is 1. The molecule has 1 aromatic rings. The van der Waals surface area contributed by atoms with Crippen molar-refractivity contribution >= 4 is 75.2 Å². The van der Waals surface area contributed by atoms with Crippen LogP contribution in [-0.2, 0) is 14.9 Å². The van der Waals surface area contributed by atoms with Crippen LogP contribution in [0, 0.1) is 0 Å². The number of benzene rings is 1. The molecule has 1 rings (SSSR count). The number of esters is 1. The zero-order valence-corrected chi connectivity index (χ0v) is 13.1. The van der Waals surface area contributed by atoms with Crippen LogP contribution in [0.5, 0.6) is 5.75 Å². The van der Waals surface area contributed by atoms with E-state index in [0.29, 0.717) is 0 Å². The molecule has 0 aliphatic heterocycles. The molecule has 0 saturated heterocycles. The molecule has 0 bridgehead atoms. The van der Waals surface area contributed by atoms with Gasteiger partial charge in [0.05, 0.1) is 0 Å². The van der Waals surface area contributed by atoms with Crippen LogP contribution in [-0.4, -0.2) is 78.1 Å². The van der Waals surface area contributed by atoms with Gasteiger partial charge in [0.15, 0.2) is 5.75 Å². The summed E-state index contributed by atoms with van der Waals surface area (Å²) in [6.45, 7) is 2.14. The first-order valence-electron chi connectivity index (χ1n) is 7.22. The van der Waals surface area contributed by atoms with E-state index in [1.165, 1.54) is 31.0 Å². The first-order chi connectivity index (χ1) is 9.95.